The predicted molar refractivity (Wildman–Crippen MR) is 117 cm³/mol. The Morgan fingerprint density at radius 2 is 0.971 bits per heavy atom. The average molecular weight is 504 g/mol. The Balaban J connectivity index is 1.65. The molecule has 0 aliphatic carbocycles. The van der Waals surface area contributed by atoms with Gasteiger partial charge in [0.25, 0.3) is 0 Å². The molecule has 4 aromatic rings. The number of hydrogen-bond acceptors (Lipinski definition) is 4. The van der Waals surface area contributed by atoms with Gasteiger partial charge in [0, 0.05) is 20.6 Å². The second-order valence-corrected chi connectivity index (χ2v) is 9.79. The summed E-state index contributed by atoms with van der Waals surface area (Å²) in [4.78, 5) is 11.8. The Hall–Kier alpha value is -2.98. The number of hydrogen-bond donors (Lipinski definition) is 0. The van der Waals surface area contributed by atoms with Gasteiger partial charge in [0.05, 0.1) is 43.0 Å². The van der Waals surface area contributed by atoms with Gasteiger partial charge < -0.3 is 0 Å². The van der Waals surface area contributed by atoms with E-state index >= 15 is 0 Å². The lowest BCUT2D eigenvalue weighted by molar-refractivity contribution is -0.138. The summed E-state index contributed by atoms with van der Waals surface area (Å²) in [7, 11) is 0. The van der Waals surface area contributed by atoms with Crippen molar-refractivity contribution >= 4 is 45.7 Å². The summed E-state index contributed by atoms with van der Waals surface area (Å²) in [5.74, 6) is 0. The summed E-state index contributed by atoms with van der Waals surface area (Å²) >= 11 is 2.58. The molecule has 0 unspecified atom stereocenters. The summed E-state index contributed by atoms with van der Waals surface area (Å²) < 4.78 is 79.4. The highest BCUT2D eigenvalue weighted by Gasteiger charge is 2.33. The standard InChI is InChI=1S/C24H10F6N2S2/c25-23(26,27)11-5-7-17-15(9-11)31-19-13-3-1-2-4-14(13)20-22(21(19)33-17)34-18-8-6-12(24(28,29)30)10-16(18)32-20/h1-10H. The van der Waals surface area contributed by atoms with Gasteiger partial charge in [-0.05, 0) is 36.4 Å². The van der Waals surface area contributed by atoms with Gasteiger partial charge in [0.15, 0.2) is 0 Å². The van der Waals surface area contributed by atoms with Gasteiger partial charge in [-0.2, -0.15) is 26.3 Å². The molecule has 170 valence electrons. The first-order valence-electron chi connectivity index (χ1n) is 9.90. The largest absolute Gasteiger partial charge is 0.416 e. The fourth-order valence-corrected chi connectivity index (χ4v) is 6.23. The minimum atomic E-state index is -4.48. The zero-order valence-corrected chi connectivity index (χ0v) is 18.4. The molecule has 4 aromatic carbocycles. The van der Waals surface area contributed by atoms with Crippen LogP contribution in [0.25, 0.3) is 10.8 Å². The first-order chi connectivity index (χ1) is 16.1. The minimum Gasteiger partial charge on any atom is -0.246 e. The normalized spacial score (nSPS) is 14.4. The molecular formula is C24H10F6N2S2. The Bertz CT molecular complexity index is 1520. The molecule has 0 saturated carbocycles. The molecule has 0 atom stereocenters. The van der Waals surface area contributed by atoms with Crippen LogP contribution in [-0.4, -0.2) is 0 Å². The Morgan fingerprint density at radius 1 is 0.559 bits per heavy atom. The van der Waals surface area contributed by atoms with E-state index < -0.39 is 23.5 Å². The van der Waals surface area contributed by atoms with Crippen molar-refractivity contribution in [3.8, 4) is 0 Å². The van der Waals surface area contributed by atoms with Crippen LogP contribution in [0.15, 0.2) is 90.2 Å². The summed E-state index contributed by atoms with van der Waals surface area (Å²) in [6.45, 7) is 0. The highest BCUT2D eigenvalue weighted by atomic mass is 32.2. The number of halogens is 6. The smallest absolute Gasteiger partial charge is 0.246 e. The van der Waals surface area contributed by atoms with E-state index in [0.29, 0.717) is 31.3 Å². The van der Waals surface area contributed by atoms with E-state index in [1.807, 2.05) is 0 Å². The van der Waals surface area contributed by atoms with Crippen LogP contribution < -0.4 is 10.7 Å². The lowest BCUT2D eigenvalue weighted by Crippen LogP contribution is -2.21. The predicted octanol–water partition coefficient (Wildman–Crippen LogP) is 7.71. The molecule has 0 spiro atoms. The third kappa shape index (κ3) is 3.39. The van der Waals surface area contributed by atoms with Crippen molar-refractivity contribution < 1.29 is 26.3 Å². The second kappa shape index (κ2) is 7.26. The van der Waals surface area contributed by atoms with Gasteiger partial charge >= 0.3 is 12.4 Å². The maximum Gasteiger partial charge on any atom is 0.416 e. The molecule has 0 N–H and O–H groups in total. The molecule has 6 rings (SSSR count). The van der Waals surface area contributed by atoms with Gasteiger partial charge in [-0.25, -0.2) is 9.98 Å². The van der Waals surface area contributed by atoms with Crippen molar-refractivity contribution in [2.45, 2.75) is 31.9 Å². The fraction of sp³-hybridized carbons (Fsp3) is 0.0833. The topological polar surface area (TPSA) is 24.7 Å². The summed E-state index contributed by atoms with van der Waals surface area (Å²) in [5.41, 5.74) is -1.10. The van der Waals surface area contributed by atoms with E-state index in [-0.39, 0.29) is 11.4 Å². The minimum absolute atomic E-state index is 0.227. The molecule has 0 amide bonds. The summed E-state index contributed by atoms with van der Waals surface area (Å²) in [6.07, 6.45) is -8.97. The van der Waals surface area contributed by atoms with Gasteiger partial charge in [-0.15, -0.1) is 0 Å². The highest BCUT2D eigenvalue weighted by Crippen LogP contribution is 2.47. The van der Waals surface area contributed by atoms with E-state index in [2.05, 4.69) is 9.98 Å². The van der Waals surface area contributed by atoms with Crippen molar-refractivity contribution in [1.82, 2.24) is 0 Å². The second-order valence-electron chi connectivity index (χ2n) is 7.69. The van der Waals surface area contributed by atoms with Crippen LogP contribution in [0.1, 0.15) is 11.1 Å². The SMILES string of the molecule is FC(F)(F)c1ccc2c(c1)N=c1c(c3c(c4ccccc14)=Nc1cc(C(F)(F)F)ccc1S3)S2. The number of benzene rings is 4. The highest BCUT2D eigenvalue weighted by molar-refractivity contribution is 8.02. The lowest BCUT2D eigenvalue weighted by Gasteiger charge is -2.21. The summed E-state index contributed by atoms with van der Waals surface area (Å²) in [5, 5.41) is 2.41. The zero-order chi connectivity index (χ0) is 23.8. The first kappa shape index (κ1) is 21.5. The van der Waals surface area contributed by atoms with Gasteiger partial charge in [0.1, 0.15) is 0 Å². The van der Waals surface area contributed by atoms with Crippen molar-refractivity contribution in [2.75, 3.05) is 0 Å². The monoisotopic (exact) mass is 504 g/mol. The van der Waals surface area contributed by atoms with Crippen LogP contribution in [0.3, 0.4) is 0 Å². The molecule has 0 bridgehead atoms. The summed E-state index contributed by atoms with van der Waals surface area (Å²) in [6, 6.07) is 14.0. The molecule has 0 aromatic heterocycles. The van der Waals surface area contributed by atoms with Crippen molar-refractivity contribution in [3.63, 3.8) is 0 Å². The molecule has 2 nitrogen and oxygen atoms in total. The van der Waals surface area contributed by atoms with Crippen molar-refractivity contribution in [3.05, 3.63) is 82.5 Å². The van der Waals surface area contributed by atoms with Crippen LogP contribution in [0.4, 0.5) is 37.7 Å². The molecule has 2 heterocycles. The van der Waals surface area contributed by atoms with Crippen molar-refractivity contribution in [1.29, 1.82) is 0 Å². The van der Waals surface area contributed by atoms with Crippen molar-refractivity contribution in [2.24, 2.45) is 9.98 Å². The van der Waals surface area contributed by atoms with E-state index in [4.69, 9.17) is 0 Å². The molecular weight excluding hydrogens is 494 g/mol. The molecule has 2 aliphatic heterocycles. The average Bonchev–Trinajstić information content (AvgIpc) is 2.80. The number of nitrogens with zero attached hydrogens (tertiary/aromatic N) is 2. The molecule has 10 heteroatoms. The molecule has 0 fully saturated rings. The molecule has 2 aliphatic rings. The number of rotatable bonds is 0. The van der Waals surface area contributed by atoms with Crippen LogP contribution in [-0.2, 0) is 12.4 Å². The van der Waals surface area contributed by atoms with E-state index in [1.165, 1.54) is 35.7 Å². The number of fused-ring (bicyclic) bond motifs is 8. The molecule has 34 heavy (non-hydrogen) atoms. The Kier molecular flexibility index (Phi) is 4.60. The Morgan fingerprint density at radius 3 is 1.35 bits per heavy atom. The Labute approximate surface area is 196 Å². The third-order valence-corrected chi connectivity index (χ3v) is 8.00. The van der Waals surface area contributed by atoms with Crippen LogP contribution >= 0.6 is 23.5 Å². The van der Waals surface area contributed by atoms with Gasteiger partial charge in [-0.3, -0.25) is 0 Å². The maximum atomic E-state index is 13.2. The van der Waals surface area contributed by atoms with E-state index in [0.717, 1.165) is 34.1 Å². The van der Waals surface area contributed by atoms with E-state index in [9.17, 15) is 26.3 Å². The molecule has 0 radical (unpaired) electrons. The quantitative estimate of drug-likeness (QED) is 0.198. The fourth-order valence-electron chi connectivity index (χ4n) is 3.96. The van der Waals surface area contributed by atoms with Crippen LogP contribution in [0.2, 0.25) is 0 Å². The lowest BCUT2D eigenvalue weighted by atomic mass is 10.1. The maximum absolute atomic E-state index is 13.2. The number of alkyl halides is 6. The van der Waals surface area contributed by atoms with Gasteiger partial charge in [0.2, 0.25) is 0 Å². The van der Waals surface area contributed by atoms with Gasteiger partial charge in [-0.1, -0.05) is 47.8 Å². The molecule has 0 saturated heterocycles. The van der Waals surface area contributed by atoms with E-state index in [1.54, 1.807) is 24.3 Å². The first-order valence-corrected chi connectivity index (χ1v) is 11.5. The third-order valence-electron chi connectivity index (χ3n) is 5.53. The van der Waals surface area contributed by atoms with Crippen LogP contribution in [0, 0.1) is 0 Å². The van der Waals surface area contributed by atoms with Crippen LogP contribution in [0.5, 0.6) is 0 Å². The zero-order valence-electron chi connectivity index (χ0n) is 16.8.